The molecule has 2 nitrogen and oxygen atoms in total. The zero-order valence-corrected chi connectivity index (χ0v) is 17.7. The molecule has 4 aromatic rings. The Kier molecular flexibility index (Phi) is 5.64. The van der Waals surface area contributed by atoms with E-state index in [1.807, 2.05) is 30.3 Å². The summed E-state index contributed by atoms with van der Waals surface area (Å²) in [6, 6.07) is 31.1. The van der Waals surface area contributed by atoms with E-state index in [4.69, 9.17) is 9.47 Å². The second-order valence-electron chi connectivity index (χ2n) is 6.72. The van der Waals surface area contributed by atoms with Gasteiger partial charge in [0.05, 0.1) is 14.2 Å². The Labute approximate surface area is 174 Å². The van der Waals surface area contributed by atoms with Gasteiger partial charge in [0.2, 0.25) is 0 Å². The van der Waals surface area contributed by atoms with Gasteiger partial charge >= 0.3 is 0 Å². The SMILES string of the molecule is COc1cccc(-c2ccccc2)c1-c1c(OC)ccc(P)c1-c1ccccc1. The molecule has 1 unspecified atom stereocenters. The molecule has 0 saturated heterocycles. The molecule has 0 heterocycles. The first kappa shape index (κ1) is 19.2. The van der Waals surface area contributed by atoms with E-state index in [0.717, 1.165) is 50.2 Å². The Hall–Kier alpha value is -3.09. The molecule has 0 aliphatic heterocycles. The van der Waals surface area contributed by atoms with Crippen molar-refractivity contribution in [2.75, 3.05) is 14.2 Å². The summed E-state index contributed by atoms with van der Waals surface area (Å²) in [6.07, 6.45) is 0. The summed E-state index contributed by atoms with van der Waals surface area (Å²) >= 11 is 0. The summed E-state index contributed by atoms with van der Waals surface area (Å²) in [7, 11) is 6.30. The van der Waals surface area contributed by atoms with Gasteiger partial charge in [0.1, 0.15) is 11.5 Å². The van der Waals surface area contributed by atoms with E-state index < -0.39 is 0 Å². The maximum absolute atomic E-state index is 5.84. The van der Waals surface area contributed by atoms with Crippen molar-refractivity contribution in [3.05, 3.63) is 91.0 Å². The van der Waals surface area contributed by atoms with Crippen LogP contribution in [0.2, 0.25) is 0 Å². The highest BCUT2D eigenvalue weighted by molar-refractivity contribution is 7.28. The van der Waals surface area contributed by atoms with E-state index in [2.05, 4.69) is 69.9 Å². The average Bonchev–Trinajstić information content (AvgIpc) is 2.79. The molecule has 0 radical (unpaired) electrons. The lowest BCUT2D eigenvalue weighted by Crippen LogP contribution is -2.04. The van der Waals surface area contributed by atoms with E-state index >= 15 is 0 Å². The number of rotatable bonds is 5. The predicted molar refractivity (Wildman–Crippen MR) is 125 cm³/mol. The summed E-state index contributed by atoms with van der Waals surface area (Å²) in [5, 5.41) is 1.11. The molecule has 4 rings (SSSR count). The van der Waals surface area contributed by atoms with E-state index in [-0.39, 0.29) is 0 Å². The largest absolute Gasteiger partial charge is 0.496 e. The summed E-state index contributed by atoms with van der Waals surface area (Å²) < 4.78 is 11.7. The summed E-state index contributed by atoms with van der Waals surface area (Å²) in [5.74, 6) is 1.63. The molecule has 4 aromatic carbocycles. The van der Waals surface area contributed by atoms with Crippen molar-refractivity contribution in [1.29, 1.82) is 0 Å². The van der Waals surface area contributed by atoms with Gasteiger partial charge in [-0.05, 0) is 34.1 Å². The first-order valence-corrected chi connectivity index (χ1v) is 10.1. The second kappa shape index (κ2) is 8.51. The molecule has 3 heteroatoms. The van der Waals surface area contributed by atoms with Gasteiger partial charge in [-0.25, -0.2) is 0 Å². The van der Waals surface area contributed by atoms with Gasteiger partial charge in [0, 0.05) is 16.7 Å². The van der Waals surface area contributed by atoms with Gasteiger partial charge in [0.15, 0.2) is 0 Å². The first-order valence-electron chi connectivity index (χ1n) is 9.49. The van der Waals surface area contributed by atoms with Crippen molar-refractivity contribution in [3.63, 3.8) is 0 Å². The normalized spacial score (nSPS) is 10.6. The van der Waals surface area contributed by atoms with Crippen LogP contribution in [-0.2, 0) is 0 Å². The standard InChI is InChI=1S/C26H23O2P/c1-27-21-15-9-14-20(18-10-5-3-6-11-18)25(21)26-22(28-2)16-17-23(29)24(26)19-12-7-4-8-13-19/h3-17H,29H2,1-2H3. The Morgan fingerprint density at radius 1 is 0.517 bits per heavy atom. The lowest BCUT2D eigenvalue weighted by atomic mass is 9.88. The van der Waals surface area contributed by atoms with E-state index in [0.29, 0.717) is 0 Å². The molecular weight excluding hydrogens is 375 g/mol. The topological polar surface area (TPSA) is 18.5 Å². The molecule has 0 aromatic heterocycles. The second-order valence-corrected chi connectivity index (χ2v) is 7.34. The molecule has 0 N–H and O–H groups in total. The lowest BCUT2D eigenvalue weighted by Gasteiger charge is -2.21. The fraction of sp³-hybridized carbons (Fsp3) is 0.0769. The molecule has 144 valence electrons. The minimum absolute atomic E-state index is 0.816. The van der Waals surface area contributed by atoms with Gasteiger partial charge in [-0.3, -0.25) is 0 Å². The molecule has 0 aliphatic rings. The molecule has 1 atom stereocenters. The monoisotopic (exact) mass is 398 g/mol. The molecule has 0 amide bonds. The number of hydrogen-bond acceptors (Lipinski definition) is 2. The van der Waals surface area contributed by atoms with Gasteiger partial charge in [-0.1, -0.05) is 78.9 Å². The molecule has 0 bridgehead atoms. The van der Waals surface area contributed by atoms with Crippen LogP contribution in [0, 0.1) is 0 Å². The zero-order chi connectivity index (χ0) is 20.2. The first-order chi connectivity index (χ1) is 14.2. The van der Waals surface area contributed by atoms with Gasteiger partial charge in [-0.2, -0.15) is 0 Å². The molecule has 0 saturated carbocycles. The quantitative estimate of drug-likeness (QED) is 0.372. The van der Waals surface area contributed by atoms with Crippen LogP contribution >= 0.6 is 9.24 Å². The van der Waals surface area contributed by atoms with Crippen molar-refractivity contribution in [2.45, 2.75) is 0 Å². The third-order valence-corrected chi connectivity index (χ3v) is 5.54. The van der Waals surface area contributed by atoms with Crippen molar-refractivity contribution >= 4 is 14.5 Å². The van der Waals surface area contributed by atoms with Crippen LogP contribution < -0.4 is 14.8 Å². The summed E-state index contributed by atoms with van der Waals surface area (Å²) in [6.45, 7) is 0. The van der Waals surface area contributed by atoms with Crippen LogP contribution in [0.15, 0.2) is 91.0 Å². The van der Waals surface area contributed by atoms with Crippen LogP contribution in [0.1, 0.15) is 0 Å². The highest BCUT2D eigenvalue weighted by atomic mass is 31.0. The van der Waals surface area contributed by atoms with Crippen LogP contribution in [0.25, 0.3) is 33.4 Å². The van der Waals surface area contributed by atoms with Gasteiger partial charge in [0.25, 0.3) is 0 Å². The van der Waals surface area contributed by atoms with Gasteiger partial charge < -0.3 is 9.47 Å². The van der Waals surface area contributed by atoms with Gasteiger partial charge in [-0.15, -0.1) is 9.24 Å². The third kappa shape index (κ3) is 3.64. The lowest BCUT2D eigenvalue weighted by molar-refractivity contribution is 0.410. The highest BCUT2D eigenvalue weighted by Gasteiger charge is 2.22. The van der Waals surface area contributed by atoms with Crippen molar-refractivity contribution < 1.29 is 9.47 Å². The maximum Gasteiger partial charge on any atom is 0.127 e. The number of ether oxygens (including phenoxy) is 2. The fourth-order valence-corrected chi connectivity index (χ4v) is 4.16. The fourth-order valence-electron chi connectivity index (χ4n) is 3.75. The average molecular weight is 398 g/mol. The van der Waals surface area contributed by atoms with E-state index in [1.54, 1.807) is 14.2 Å². The molecular formula is C26H23O2P. The highest BCUT2D eigenvalue weighted by Crippen LogP contribution is 2.47. The van der Waals surface area contributed by atoms with Crippen LogP contribution in [0.4, 0.5) is 0 Å². The summed E-state index contributed by atoms with van der Waals surface area (Å²) in [5.41, 5.74) is 6.56. The molecule has 29 heavy (non-hydrogen) atoms. The minimum atomic E-state index is 0.816. The Morgan fingerprint density at radius 3 is 1.72 bits per heavy atom. The predicted octanol–water partition coefficient (Wildman–Crippen LogP) is 6.21. The van der Waals surface area contributed by atoms with Crippen LogP contribution in [0.3, 0.4) is 0 Å². The molecule has 0 spiro atoms. The van der Waals surface area contributed by atoms with E-state index in [1.165, 1.54) is 0 Å². The number of hydrogen-bond donors (Lipinski definition) is 0. The van der Waals surface area contributed by atoms with Crippen LogP contribution in [0.5, 0.6) is 11.5 Å². The number of benzene rings is 4. The smallest absolute Gasteiger partial charge is 0.127 e. The number of methoxy groups -OCH3 is 2. The Bertz CT molecular complexity index is 1120. The van der Waals surface area contributed by atoms with Crippen molar-refractivity contribution in [1.82, 2.24) is 0 Å². The minimum Gasteiger partial charge on any atom is -0.496 e. The van der Waals surface area contributed by atoms with Crippen molar-refractivity contribution in [3.8, 4) is 44.9 Å². The van der Waals surface area contributed by atoms with E-state index in [9.17, 15) is 0 Å². The third-order valence-electron chi connectivity index (χ3n) is 5.06. The Morgan fingerprint density at radius 2 is 1.10 bits per heavy atom. The molecule has 0 fully saturated rings. The summed E-state index contributed by atoms with van der Waals surface area (Å²) in [4.78, 5) is 0. The Balaban J connectivity index is 2.12. The van der Waals surface area contributed by atoms with Crippen molar-refractivity contribution in [2.24, 2.45) is 0 Å². The molecule has 0 aliphatic carbocycles. The maximum atomic E-state index is 5.84. The van der Waals surface area contributed by atoms with Crippen LogP contribution in [-0.4, -0.2) is 14.2 Å². The zero-order valence-electron chi connectivity index (χ0n) is 16.6.